The van der Waals surface area contributed by atoms with Crippen molar-refractivity contribution in [3.63, 3.8) is 0 Å². The summed E-state index contributed by atoms with van der Waals surface area (Å²) in [6, 6.07) is 10.1. The lowest BCUT2D eigenvalue weighted by atomic mass is 10.2. The molecule has 0 aliphatic rings. The molecule has 4 heterocycles. The summed E-state index contributed by atoms with van der Waals surface area (Å²) in [4.78, 5) is 22.8. The second-order valence-corrected chi connectivity index (χ2v) is 6.71. The molecule has 0 aliphatic heterocycles. The molecule has 0 N–H and O–H groups in total. The Balaban J connectivity index is 1.52. The van der Waals surface area contributed by atoms with Gasteiger partial charge in [-0.05, 0) is 37.3 Å². The first-order valence-electron chi connectivity index (χ1n) is 8.97. The van der Waals surface area contributed by atoms with E-state index in [4.69, 9.17) is 4.98 Å². The van der Waals surface area contributed by atoms with Gasteiger partial charge in [-0.1, -0.05) is 0 Å². The maximum atomic E-state index is 4.90. The van der Waals surface area contributed by atoms with Gasteiger partial charge in [0.05, 0.1) is 27.8 Å². The van der Waals surface area contributed by atoms with Crippen LogP contribution in [0.4, 0.5) is 0 Å². The van der Waals surface area contributed by atoms with Gasteiger partial charge in [0, 0.05) is 49.3 Å². The molecule has 27 heavy (non-hydrogen) atoms. The number of rotatable bonds is 3. The van der Waals surface area contributed by atoms with Crippen molar-refractivity contribution in [2.75, 3.05) is 0 Å². The summed E-state index contributed by atoms with van der Waals surface area (Å²) in [5.41, 5.74) is 4.99. The molecule has 0 amide bonds. The van der Waals surface area contributed by atoms with Gasteiger partial charge in [-0.3, -0.25) is 9.97 Å². The molecule has 6 heteroatoms. The van der Waals surface area contributed by atoms with Gasteiger partial charge in [-0.2, -0.15) is 0 Å². The third-order valence-electron chi connectivity index (χ3n) is 5.03. The van der Waals surface area contributed by atoms with Crippen molar-refractivity contribution >= 4 is 32.8 Å². The highest BCUT2D eigenvalue weighted by Crippen LogP contribution is 2.24. The van der Waals surface area contributed by atoms with E-state index in [1.54, 1.807) is 6.20 Å². The summed E-state index contributed by atoms with van der Waals surface area (Å²) < 4.78 is 2.15. The Morgan fingerprint density at radius 3 is 2.74 bits per heavy atom. The van der Waals surface area contributed by atoms with E-state index in [-0.39, 0.29) is 0 Å². The van der Waals surface area contributed by atoms with E-state index in [1.165, 1.54) is 0 Å². The Hall–Kier alpha value is -3.41. The molecular weight excluding hydrogens is 336 g/mol. The van der Waals surface area contributed by atoms with Gasteiger partial charge >= 0.3 is 0 Å². The van der Waals surface area contributed by atoms with Crippen LogP contribution in [0.15, 0.2) is 48.9 Å². The zero-order valence-electron chi connectivity index (χ0n) is 15.2. The van der Waals surface area contributed by atoms with Crippen LogP contribution in [0.1, 0.15) is 17.3 Å². The second kappa shape index (κ2) is 6.09. The van der Waals surface area contributed by atoms with Gasteiger partial charge in [0.15, 0.2) is 0 Å². The third kappa shape index (κ3) is 2.61. The molecule has 0 bridgehead atoms. The number of aryl methyl sites for hydroxylation is 4. The van der Waals surface area contributed by atoms with Crippen LogP contribution in [0.3, 0.4) is 0 Å². The second-order valence-electron chi connectivity index (χ2n) is 6.71. The van der Waals surface area contributed by atoms with Gasteiger partial charge in [0.25, 0.3) is 0 Å². The zero-order chi connectivity index (χ0) is 18.4. The van der Waals surface area contributed by atoms with E-state index in [2.05, 4.69) is 43.7 Å². The summed E-state index contributed by atoms with van der Waals surface area (Å²) in [5.74, 6) is 1.86. The number of aromatic nitrogens is 6. The van der Waals surface area contributed by atoms with Gasteiger partial charge in [-0.25, -0.2) is 15.0 Å². The van der Waals surface area contributed by atoms with E-state index in [9.17, 15) is 0 Å². The largest absolute Gasteiger partial charge is 0.331 e. The van der Waals surface area contributed by atoms with E-state index in [1.807, 2.05) is 37.5 Å². The van der Waals surface area contributed by atoms with Crippen molar-refractivity contribution < 1.29 is 0 Å². The SMILES string of the molecule is Cc1nc(CCc2nc3c4cccnc4ccc3n2C)nc2ccncc12. The fourth-order valence-electron chi connectivity index (χ4n) is 3.60. The smallest absolute Gasteiger partial charge is 0.129 e. The summed E-state index contributed by atoms with van der Waals surface area (Å²) in [7, 11) is 2.06. The molecule has 0 radical (unpaired) electrons. The highest BCUT2D eigenvalue weighted by molar-refractivity contribution is 6.02. The number of hydrogen-bond acceptors (Lipinski definition) is 5. The van der Waals surface area contributed by atoms with Gasteiger partial charge in [-0.15, -0.1) is 0 Å². The number of imidazole rings is 1. The topological polar surface area (TPSA) is 69.4 Å². The first-order chi connectivity index (χ1) is 13.2. The summed E-state index contributed by atoms with van der Waals surface area (Å²) in [5, 5.41) is 2.09. The Bertz CT molecular complexity index is 1300. The number of pyridine rings is 2. The van der Waals surface area contributed by atoms with Crippen molar-refractivity contribution in [3.8, 4) is 0 Å². The minimum absolute atomic E-state index is 0.743. The standard InChI is InChI=1S/C21H18N6/c1-13-15-12-22-11-9-17(15)25-19(24-13)7-8-20-26-21-14-4-3-10-23-16(14)5-6-18(21)27(20)2/h3-6,9-12H,7-8H2,1-2H3. The molecule has 0 unspecified atom stereocenters. The fourth-order valence-corrected chi connectivity index (χ4v) is 3.60. The maximum Gasteiger partial charge on any atom is 0.129 e. The Kier molecular flexibility index (Phi) is 3.57. The Morgan fingerprint density at radius 2 is 1.81 bits per heavy atom. The fraction of sp³-hybridized carbons (Fsp3) is 0.190. The predicted molar refractivity (Wildman–Crippen MR) is 105 cm³/mol. The van der Waals surface area contributed by atoms with Crippen LogP contribution in [0.5, 0.6) is 0 Å². The number of nitrogens with zero attached hydrogens (tertiary/aromatic N) is 6. The Labute approximate surface area is 156 Å². The van der Waals surface area contributed by atoms with Gasteiger partial charge in [0.2, 0.25) is 0 Å². The molecule has 0 atom stereocenters. The predicted octanol–water partition coefficient (Wildman–Crippen LogP) is 3.55. The van der Waals surface area contributed by atoms with Crippen LogP contribution in [0.25, 0.3) is 32.8 Å². The van der Waals surface area contributed by atoms with Crippen molar-refractivity contribution in [1.29, 1.82) is 0 Å². The molecule has 5 aromatic rings. The summed E-state index contributed by atoms with van der Waals surface area (Å²) >= 11 is 0. The monoisotopic (exact) mass is 354 g/mol. The molecule has 132 valence electrons. The van der Waals surface area contributed by atoms with Crippen LogP contribution in [0.2, 0.25) is 0 Å². The highest BCUT2D eigenvalue weighted by atomic mass is 15.1. The minimum Gasteiger partial charge on any atom is -0.331 e. The Morgan fingerprint density at radius 1 is 0.889 bits per heavy atom. The number of fused-ring (bicyclic) bond motifs is 4. The van der Waals surface area contributed by atoms with E-state index in [0.717, 1.165) is 63.0 Å². The van der Waals surface area contributed by atoms with Crippen LogP contribution < -0.4 is 0 Å². The summed E-state index contributed by atoms with van der Waals surface area (Å²) in [6.07, 6.45) is 6.92. The zero-order valence-corrected chi connectivity index (χ0v) is 15.2. The van der Waals surface area contributed by atoms with Crippen molar-refractivity contribution in [2.45, 2.75) is 19.8 Å². The molecule has 5 rings (SSSR count). The average Bonchev–Trinajstić information content (AvgIpc) is 3.03. The molecule has 0 spiro atoms. The van der Waals surface area contributed by atoms with Crippen molar-refractivity contribution in [1.82, 2.24) is 29.5 Å². The quantitative estimate of drug-likeness (QED) is 0.495. The normalized spacial score (nSPS) is 11.6. The highest BCUT2D eigenvalue weighted by Gasteiger charge is 2.12. The minimum atomic E-state index is 0.743. The number of hydrogen-bond donors (Lipinski definition) is 0. The van der Waals surface area contributed by atoms with E-state index in [0.29, 0.717) is 0 Å². The van der Waals surface area contributed by atoms with Crippen molar-refractivity contribution in [2.24, 2.45) is 7.05 Å². The molecule has 0 fully saturated rings. The van der Waals surface area contributed by atoms with Crippen LogP contribution in [0, 0.1) is 6.92 Å². The lowest BCUT2D eigenvalue weighted by Gasteiger charge is -2.05. The van der Waals surface area contributed by atoms with Gasteiger partial charge in [0.1, 0.15) is 11.6 Å². The number of benzene rings is 1. The lowest BCUT2D eigenvalue weighted by molar-refractivity contribution is 0.760. The lowest BCUT2D eigenvalue weighted by Crippen LogP contribution is -2.04. The molecule has 0 saturated heterocycles. The first kappa shape index (κ1) is 15.8. The average molecular weight is 354 g/mol. The molecule has 0 aliphatic carbocycles. The van der Waals surface area contributed by atoms with E-state index >= 15 is 0 Å². The van der Waals surface area contributed by atoms with E-state index < -0.39 is 0 Å². The van der Waals surface area contributed by atoms with Crippen molar-refractivity contribution in [3.05, 3.63) is 66.3 Å². The van der Waals surface area contributed by atoms with Crippen LogP contribution in [-0.4, -0.2) is 29.5 Å². The molecule has 6 nitrogen and oxygen atoms in total. The van der Waals surface area contributed by atoms with Crippen LogP contribution in [-0.2, 0) is 19.9 Å². The maximum absolute atomic E-state index is 4.90. The third-order valence-corrected chi connectivity index (χ3v) is 5.03. The van der Waals surface area contributed by atoms with Gasteiger partial charge < -0.3 is 4.57 Å². The molecule has 4 aromatic heterocycles. The molecule has 1 aromatic carbocycles. The van der Waals surface area contributed by atoms with Crippen LogP contribution >= 0.6 is 0 Å². The molecular formula is C21H18N6. The molecule has 0 saturated carbocycles. The summed E-state index contributed by atoms with van der Waals surface area (Å²) in [6.45, 7) is 2.00. The first-order valence-corrected chi connectivity index (χ1v) is 8.97.